The van der Waals surface area contributed by atoms with Crippen LogP contribution in [-0.2, 0) is 4.79 Å². The molecule has 0 aromatic rings. The lowest BCUT2D eigenvalue weighted by atomic mass is 9.99. The SMILES string of the molecule is CC(=O)C[C@@H]1CCCC[NH+]1C. The fourth-order valence-corrected chi connectivity index (χ4v) is 1.87. The van der Waals surface area contributed by atoms with Crippen LogP contribution in [0.25, 0.3) is 0 Å². The molecule has 2 heteroatoms. The number of nitrogens with one attached hydrogen (secondary N) is 1. The smallest absolute Gasteiger partial charge is 0.135 e. The summed E-state index contributed by atoms with van der Waals surface area (Å²) < 4.78 is 0. The van der Waals surface area contributed by atoms with Gasteiger partial charge in [-0.1, -0.05) is 0 Å². The zero-order valence-electron chi connectivity index (χ0n) is 7.52. The highest BCUT2D eigenvalue weighted by Gasteiger charge is 2.23. The first-order valence-electron chi connectivity index (χ1n) is 4.52. The van der Waals surface area contributed by atoms with Crippen molar-refractivity contribution in [3.05, 3.63) is 0 Å². The van der Waals surface area contributed by atoms with E-state index in [0.717, 1.165) is 6.42 Å². The summed E-state index contributed by atoms with van der Waals surface area (Å²) in [5.74, 6) is 0.344. The molecule has 0 amide bonds. The quantitative estimate of drug-likeness (QED) is 0.598. The number of likely N-dealkylation sites (tertiary alicyclic amines) is 1. The summed E-state index contributed by atoms with van der Waals surface area (Å²) in [4.78, 5) is 12.4. The van der Waals surface area contributed by atoms with Gasteiger partial charge in [-0.15, -0.1) is 0 Å². The van der Waals surface area contributed by atoms with Gasteiger partial charge < -0.3 is 4.90 Å². The number of Topliss-reactive ketones (excluding diaryl/α,β-unsaturated/α-hetero) is 1. The van der Waals surface area contributed by atoms with Gasteiger partial charge in [0.25, 0.3) is 0 Å². The van der Waals surface area contributed by atoms with E-state index in [1.165, 1.54) is 25.8 Å². The maximum atomic E-state index is 10.8. The summed E-state index contributed by atoms with van der Waals surface area (Å²) in [5, 5.41) is 0. The van der Waals surface area contributed by atoms with Gasteiger partial charge in [0, 0.05) is 6.42 Å². The molecule has 1 aliphatic heterocycles. The maximum Gasteiger partial charge on any atom is 0.135 e. The highest BCUT2D eigenvalue weighted by atomic mass is 16.1. The second-order valence-electron chi connectivity index (χ2n) is 3.70. The van der Waals surface area contributed by atoms with E-state index in [4.69, 9.17) is 0 Å². The molecular formula is C9H18NO+. The van der Waals surface area contributed by atoms with E-state index in [1.807, 2.05) is 0 Å². The first kappa shape index (κ1) is 8.72. The molecule has 0 radical (unpaired) electrons. The van der Waals surface area contributed by atoms with Crippen molar-refractivity contribution >= 4 is 5.78 Å². The Morgan fingerprint density at radius 1 is 1.55 bits per heavy atom. The lowest BCUT2D eigenvalue weighted by molar-refractivity contribution is -0.910. The summed E-state index contributed by atoms with van der Waals surface area (Å²) in [5.41, 5.74) is 0. The van der Waals surface area contributed by atoms with Crippen molar-refractivity contribution in [1.82, 2.24) is 0 Å². The molecule has 0 aromatic heterocycles. The molecule has 1 fully saturated rings. The average Bonchev–Trinajstić information content (AvgIpc) is 1.93. The van der Waals surface area contributed by atoms with Crippen molar-refractivity contribution in [2.45, 2.75) is 38.6 Å². The molecule has 0 aliphatic carbocycles. The van der Waals surface area contributed by atoms with Crippen LogP contribution in [0, 0.1) is 0 Å². The predicted octanol–water partition coefficient (Wildman–Crippen LogP) is 0.0327. The van der Waals surface area contributed by atoms with Gasteiger partial charge in [0.05, 0.1) is 26.1 Å². The summed E-state index contributed by atoms with van der Waals surface area (Å²) >= 11 is 0. The van der Waals surface area contributed by atoms with Crippen LogP contribution in [0.5, 0.6) is 0 Å². The largest absolute Gasteiger partial charge is 0.335 e. The van der Waals surface area contributed by atoms with Crippen LogP contribution in [0.1, 0.15) is 32.6 Å². The van der Waals surface area contributed by atoms with Crippen LogP contribution in [0.3, 0.4) is 0 Å². The van der Waals surface area contributed by atoms with Gasteiger partial charge in [-0.05, 0) is 19.8 Å². The van der Waals surface area contributed by atoms with Gasteiger partial charge >= 0.3 is 0 Å². The third-order valence-corrected chi connectivity index (χ3v) is 2.60. The molecule has 64 valence electrons. The van der Waals surface area contributed by atoms with Crippen molar-refractivity contribution in [2.24, 2.45) is 0 Å². The third-order valence-electron chi connectivity index (χ3n) is 2.60. The second kappa shape index (κ2) is 3.86. The van der Waals surface area contributed by atoms with Crippen molar-refractivity contribution in [2.75, 3.05) is 13.6 Å². The fraction of sp³-hybridized carbons (Fsp3) is 0.889. The minimum absolute atomic E-state index is 0.344. The number of piperidine rings is 1. The Kier molecular flexibility index (Phi) is 3.06. The normalized spacial score (nSPS) is 31.8. The number of hydrogen-bond donors (Lipinski definition) is 1. The van der Waals surface area contributed by atoms with Crippen LogP contribution < -0.4 is 4.90 Å². The molecule has 0 spiro atoms. The summed E-state index contributed by atoms with van der Waals surface area (Å²) in [6, 6.07) is 0.612. The number of hydrogen-bond acceptors (Lipinski definition) is 1. The number of rotatable bonds is 2. The zero-order valence-corrected chi connectivity index (χ0v) is 7.52. The molecule has 2 atom stereocenters. The summed E-state index contributed by atoms with van der Waals surface area (Å²) in [6.45, 7) is 2.94. The number of carbonyl (C=O) groups excluding carboxylic acids is 1. The highest BCUT2D eigenvalue weighted by Crippen LogP contribution is 2.05. The molecule has 0 saturated carbocycles. The highest BCUT2D eigenvalue weighted by molar-refractivity contribution is 5.75. The van der Waals surface area contributed by atoms with E-state index in [9.17, 15) is 4.79 Å². The van der Waals surface area contributed by atoms with Gasteiger partial charge in [-0.2, -0.15) is 0 Å². The zero-order chi connectivity index (χ0) is 8.27. The van der Waals surface area contributed by atoms with E-state index < -0.39 is 0 Å². The van der Waals surface area contributed by atoms with Crippen molar-refractivity contribution < 1.29 is 9.69 Å². The van der Waals surface area contributed by atoms with Crippen LogP contribution in [0.2, 0.25) is 0 Å². The Bertz CT molecular complexity index is 144. The van der Waals surface area contributed by atoms with Gasteiger partial charge in [-0.25, -0.2) is 0 Å². The average molecular weight is 156 g/mol. The van der Waals surface area contributed by atoms with Crippen molar-refractivity contribution in [3.63, 3.8) is 0 Å². The minimum atomic E-state index is 0.344. The topological polar surface area (TPSA) is 21.5 Å². The molecule has 1 heterocycles. The van der Waals surface area contributed by atoms with E-state index in [-0.39, 0.29) is 0 Å². The Morgan fingerprint density at radius 2 is 2.27 bits per heavy atom. The lowest BCUT2D eigenvalue weighted by Gasteiger charge is -2.28. The van der Waals surface area contributed by atoms with Crippen LogP contribution in [-0.4, -0.2) is 25.4 Å². The van der Waals surface area contributed by atoms with Gasteiger partial charge in [0.2, 0.25) is 0 Å². The lowest BCUT2D eigenvalue weighted by Crippen LogP contribution is -3.13. The molecule has 1 saturated heterocycles. The number of quaternary nitrogens is 1. The van der Waals surface area contributed by atoms with Crippen LogP contribution in [0.15, 0.2) is 0 Å². The molecule has 1 N–H and O–H groups in total. The monoisotopic (exact) mass is 156 g/mol. The van der Waals surface area contributed by atoms with Gasteiger partial charge in [0.1, 0.15) is 5.78 Å². The van der Waals surface area contributed by atoms with E-state index in [1.54, 1.807) is 11.8 Å². The summed E-state index contributed by atoms with van der Waals surface area (Å²) in [6.07, 6.45) is 4.67. The number of carbonyl (C=O) groups is 1. The van der Waals surface area contributed by atoms with Crippen LogP contribution >= 0.6 is 0 Å². The Labute approximate surface area is 68.6 Å². The molecule has 1 unspecified atom stereocenters. The number of ketones is 1. The van der Waals surface area contributed by atoms with E-state index in [2.05, 4.69) is 7.05 Å². The predicted molar refractivity (Wildman–Crippen MR) is 44.7 cm³/mol. The maximum absolute atomic E-state index is 10.8. The Balaban J connectivity index is 2.35. The first-order chi connectivity index (χ1) is 5.20. The third kappa shape index (κ3) is 2.62. The first-order valence-corrected chi connectivity index (χ1v) is 4.52. The van der Waals surface area contributed by atoms with E-state index in [0.29, 0.717) is 11.8 Å². The standard InChI is InChI=1S/C9H17NO/c1-8(11)7-9-5-3-4-6-10(9)2/h9H,3-7H2,1-2H3/p+1/t9-/m0/s1. The Morgan fingerprint density at radius 3 is 2.82 bits per heavy atom. The molecule has 11 heavy (non-hydrogen) atoms. The van der Waals surface area contributed by atoms with Gasteiger partial charge in [0.15, 0.2) is 0 Å². The molecular weight excluding hydrogens is 138 g/mol. The molecule has 1 aliphatic rings. The van der Waals surface area contributed by atoms with E-state index >= 15 is 0 Å². The molecule has 0 bridgehead atoms. The van der Waals surface area contributed by atoms with Crippen LogP contribution in [0.4, 0.5) is 0 Å². The fourth-order valence-electron chi connectivity index (χ4n) is 1.87. The van der Waals surface area contributed by atoms with Crippen molar-refractivity contribution in [3.8, 4) is 0 Å². The molecule has 0 aromatic carbocycles. The summed E-state index contributed by atoms with van der Waals surface area (Å²) in [7, 11) is 2.20. The molecule has 1 rings (SSSR count). The van der Waals surface area contributed by atoms with Gasteiger partial charge in [-0.3, -0.25) is 4.79 Å². The second-order valence-corrected chi connectivity index (χ2v) is 3.70. The minimum Gasteiger partial charge on any atom is -0.335 e. The Hall–Kier alpha value is -0.370. The van der Waals surface area contributed by atoms with Crippen molar-refractivity contribution in [1.29, 1.82) is 0 Å². The molecule has 2 nitrogen and oxygen atoms in total.